The van der Waals surface area contributed by atoms with Gasteiger partial charge in [-0.05, 0) is 38.4 Å². The Kier molecular flexibility index (Phi) is 4.10. The number of carbonyl (C=O) groups excluding carboxylic acids is 1. The highest BCUT2D eigenvalue weighted by molar-refractivity contribution is 9.10. The van der Waals surface area contributed by atoms with Crippen molar-refractivity contribution in [3.8, 4) is 0 Å². The van der Waals surface area contributed by atoms with Crippen LogP contribution in [-0.4, -0.2) is 31.4 Å². The molecule has 0 saturated carbocycles. The molecule has 0 radical (unpaired) electrons. The summed E-state index contributed by atoms with van der Waals surface area (Å²) >= 11 is 3.33. The molecule has 0 aliphatic carbocycles. The van der Waals surface area contributed by atoms with Crippen molar-refractivity contribution < 1.29 is 4.79 Å². The first-order chi connectivity index (χ1) is 6.58. The first kappa shape index (κ1) is 11.2. The lowest BCUT2D eigenvalue weighted by Crippen LogP contribution is -2.26. The van der Waals surface area contributed by atoms with Crippen molar-refractivity contribution in [2.75, 3.05) is 26.0 Å². The van der Waals surface area contributed by atoms with Gasteiger partial charge in [0, 0.05) is 10.2 Å². The van der Waals surface area contributed by atoms with Crippen LogP contribution in [0.1, 0.15) is 0 Å². The quantitative estimate of drug-likeness (QED) is 0.897. The van der Waals surface area contributed by atoms with Crippen molar-refractivity contribution in [2.24, 2.45) is 0 Å². The fourth-order valence-electron chi connectivity index (χ4n) is 1.02. The van der Waals surface area contributed by atoms with Crippen LogP contribution in [-0.2, 0) is 4.79 Å². The smallest absolute Gasteiger partial charge is 0.238 e. The fourth-order valence-corrected chi connectivity index (χ4v) is 1.29. The van der Waals surface area contributed by atoms with Crippen LogP contribution in [0.4, 0.5) is 5.69 Å². The van der Waals surface area contributed by atoms with Crippen molar-refractivity contribution in [3.05, 3.63) is 28.7 Å². The van der Waals surface area contributed by atoms with Gasteiger partial charge in [0.25, 0.3) is 0 Å². The minimum absolute atomic E-state index is 0.00248. The Morgan fingerprint density at radius 2 is 1.93 bits per heavy atom. The highest BCUT2D eigenvalue weighted by Crippen LogP contribution is 2.13. The summed E-state index contributed by atoms with van der Waals surface area (Å²) in [5, 5.41) is 2.80. The van der Waals surface area contributed by atoms with Gasteiger partial charge in [0.1, 0.15) is 0 Å². The number of rotatable bonds is 3. The summed E-state index contributed by atoms with van der Waals surface area (Å²) in [6.45, 7) is 0.399. The lowest BCUT2D eigenvalue weighted by Gasteiger charge is -2.09. The molecule has 1 rings (SSSR count). The van der Waals surface area contributed by atoms with E-state index in [0.29, 0.717) is 6.54 Å². The third-order valence-corrected chi connectivity index (χ3v) is 2.12. The lowest BCUT2D eigenvalue weighted by molar-refractivity contribution is -0.116. The zero-order valence-corrected chi connectivity index (χ0v) is 9.84. The van der Waals surface area contributed by atoms with E-state index in [9.17, 15) is 4.79 Å². The molecular weight excluding hydrogens is 244 g/mol. The number of hydrogen-bond donors (Lipinski definition) is 1. The average Bonchev–Trinajstić information content (AvgIpc) is 2.07. The molecule has 14 heavy (non-hydrogen) atoms. The number of hydrogen-bond acceptors (Lipinski definition) is 2. The van der Waals surface area contributed by atoms with Crippen LogP contribution in [0.3, 0.4) is 0 Å². The average molecular weight is 257 g/mol. The monoisotopic (exact) mass is 256 g/mol. The van der Waals surface area contributed by atoms with E-state index in [0.717, 1.165) is 10.2 Å². The van der Waals surface area contributed by atoms with Gasteiger partial charge in [-0.3, -0.25) is 4.79 Å². The maximum atomic E-state index is 11.3. The Labute approximate surface area is 92.2 Å². The van der Waals surface area contributed by atoms with Crippen LogP contribution < -0.4 is 5.32 Å². The third-order valence-electron chi connectivity index (χ3n) is 1.59. The normalized spacial score (nSPS) is 10.3. The molecule has 1 N–H and O–H groups in total. The molecule has 1 aromatic carbocycles. The molecule has 0 aromatic heterocycles. The maximum Gasteiger partial charge on any atom is 0.238 e. The predicted octanol–water partition coefficient (Wildman–Crippen LogP) is 1.95. The second-order valence-corrected chi connectivity index (χ2v) is 4.21. The zero-order chi connectivity index (χ0) is 10.6. The highest BCUT2D eigenvalue weighted by Gasteiger charge is 2.02. The third kappa shape index (κ3) is 3.89. The van der Waals surface area contributed by atoms with Crippen molar-refractivity contribution in [2.45, 2.75) is 0 Å². The molecule has 76 valence electrons. The maximum absolute atomic E-state index is 11.3. The van der Waals surface area contributed by atoms with E-state index in [2.05, 4.69) is 21.2 Å². The standard InChI is InChI=1S/C10H13BrN2O/c1-13(2)7-10(14)12-9-5-3-8(11)4-6-9/h3-6H,7H2,1-2H3,(H,12,14). The van der Waals surface area contributed by atoms with Gasteiger partial charge in [0.2, 0.25) is 5.91 Å². The number of carbonyl (C=O) groups is 1. The molecule has 0 aliphatic rings. The zero-order valence-electron chi connectivity index (χ0n) is 8.25. The predicted molar refractivity (Wildman–Crippen MR) is 61.3 cm³/mol. The number of nitrogens with one attached hydrogen (secondary N) is 1. The van der Waals surface area contributed by atoms with Gasteiger partial charge in [-0.25, -0.2) is 0 Å². The van der Waals surface area contributed by atoms with Crippen LogP contribution >= 0.6 is 15.9 Å². The van der Waals surface area contributed by atoms with Crippen LogP contribution in [0.5, 0.6) is 0 Å². The number of halogens is 1. The Balaban J connectivity index is 2.52. The summed E-state index contributed by atoms with van der Waals surface area (Å²) in [5.41, 5.74) is 0.819. The Bertz CT molecular complexity index is 308. The molecule has 0 unspecified atom stereocenters. The van der Waals surface area contributed by atoms with Gasteiger partial charge >= 0.3 is 0 Å². The summed E-state index contributed by atoms with van der Waals surface area (Å²) in [6, 6.07) is 7.51. The minimum atomic E-state index is -0.00248. The number of likely N-dealkylation sites (N-methyl/N-ethyl adjacent to an activating group) is 1. The molecule has 0 aliphatic heterocycles. The molecule has 4 heteroatoms. The summed E-state index contributed by atoms with van der Waals surface area (Å²) in [5.74, 6) is -0.00248. The molecule has 3 nitrogen and oxygen atoms in total. The van der Waals surface area contributed by atoms with Crippen LogP contribution in [0.15, 0.2) is 28.7 Å². The summed E-state index contributed by atoms with van der Waals surface area (Å²) in [4.78, 5) is 13.2. The Hall–Kier alpha value is -0.870. The van der Waals surface area contributed by atoms with Gasteiger partial charge in [-0.15, -0.1) is 0 Å². The van der Waals surface area contributed by atoms with Gasteiger partial charge in [-0.1, -0.05) is 15.9 Å². The van der Waals surface area contributed by atoms with Crippen LogP contribution in [0.2, 0.25) is 0 Å². The largest absolute Gasteiger partial charge is 0.325 e. The van der Waals surface area contributed by atoms with E-state index in [1.54, 1.807) is 0 Å². The summed E-state index contributed by atoms with van der Waals surface area (Å²) < 4.78 is 1.00. The first-order valence-corrected chi connectivity index (χ1v) is 5.07. The topological polar surface area (TPSA) is 32.3 Å². The molecule has 1 amide bonds. The Morgan fingerprint density at radius 1 is 1.36 bits per heavy atom. The van der Waals surface area contributed by atoms with E-state index in [4.69, 9.17) is 0 Å². The molecule has 0 saturated heterocycles. The second kappa shape index (κ2) is 5.12. The van der Waals surface area contributed by atoms with Crippen molar-refractivity contribution in [1.82, 2.24) is 4.90 Å². The van der Waals surface area contributed by atoms with E-state index >= 15 is 0 Å². The van der Waals surface area contributed by atoms with Gasteiger partial charge in [0.05, 0.1) is 6.54 Å². The lowest BCUT2D eigenvalue weighted by atomic mass is 10.3. The molecule has 0 atom stereocenters. The highest BCUT2D eigenvalue weighted by atomic mass is 79.9. The fraction of sp³-hybridized carbons (Fsp3) is 0.300. The number of anilines is 1. The minimum Gasteiger partial charge on any atom is -0.325 e. The SMILES string of the molecule is CN(C)CC(=O)Nc1ccc(Br)cc1. The first-order valence-electron chi connectivity index (χ1n) is 4.28. The van der Waals surface area contributed by atoms with Crippen molar-refractivity contribution >= 4 is 27.5 Å². The van der Waals surface area contributed by atoms with Crippen molar-refractivity contribution in [3.63, 3.8) is 0 Å². The van der Waals surface area contributed by atoms with Gasteiger partial charge in [0.15, 0.2) is 0 Å². The van der Waals surface area contributed by atoms with Crippen molar-refractivity contribution in [1.29, 1.82) is 0 Å². The van der Waals surface area contributed by atoms with E-state index in [-0.39, 0.29) is 5.91 Å². The molecule has 0 fully saturated rings. The molecule has 0 heterocycles. The van der Waals surface area contributed by atoms with Gasteiger partial charge in [-0.2, -0.15) is 0 Å². The van der Waals surface area contributed by atoms with E-state index in [1.807, 2.05) is 43.3 Å². The molecule has 0 spiro atoms. The Morgan fingerprint density at radius 3 is 2.43 bits per heavy atom. The van der Waals surface area contributed by atoms with Gasteiger partial charge < -0.3 is 10.2 Å². The second-order valence-electron chi connectivity index (χ2n) is 3.29. The molecule has 1 aromatic rings. The number of nitrogens with zero attached hydrogens (tertiary/aromatic N) is 1. The van der Waals surface area contributed by atoms with Crippen LogP contribution in [0.25, 0.3) is 0 Å². The molecule has 0 bridgehead atoms. The summed E-state index contributed by atoms with van der Waals surface area (Å²) in [6.07, 6.45) is 0. The number of amides is 1. The van der Waals surface area contributed by atoms with Crippen LogP contribution in [0, 0.1) is 0 Å². The number of benzene rings is 1. The van der Waals surface area contributed by atoms with E-state index < -0.39 is 0 Å². The van der Waals surface area contributed by atoms with E-state index in [1.165, 1.54) is 0 Å². The molecular formula is C10H13BrN2O. The summed E-state index contributed by atoms with van der Waals surface area (Å²) in [7, 11) is 3.72.